The molecule has 0 heterocycles. The summed E-state index contributed by atoms with van der Waals surface area (Å²) in [6, 6.07) is 0. The second-order valence-corrected chi connectivity index (χ2v) is 3.67. The second-order valence-electron chi connectivity index (χ2n) is 3.67. The first-order valence-corrected chi connectivity index (χ1v) is 3.97. The van der Waals surface area contributed by atoms with Crippen LogP contribution in [0.15, 0.2) is 12.2 Å². The highest BCUT2D eigenvalue weighted by Gasteiger charge is 2.38. The van der Waals surface area contributed by atoms with Crippen LogP contribution in [0.1, 0.15) is 20.3 Å². The maximum Gasteiger partial charge on any atom is -0.0199 e. The van der Waals surface area contributed by atoms with Crippen LogP contribution >= 0.6 is 0 Å². The molecule has 1 fully saturated rings. The van der Waals surface area contributed by atoms with Crippen LogP contribution in [0.2, 0.25) is 0 Å². The quantitative estimate of drug-likeness (QED) is 0.433. The van der Waals surface area contributed by atoms with Crippen molar-refractivity contribution in [3.8, 4) is 0 Å². The Labute approximate surface area is 57.0 Å². The zero-order chi connectivity index (χ0) is 6.43. The Morgan fingerprint density at radius 1 is 1.00 bits per heavy atom. The van der Waals surface area contributed by atoms with Crippen LogP contribution in [0.3, 0.4) is 0 Å². The molecule has 0 aromatic heterocycles. The first-order chi connectivity index (χ1) is 4.29. The van der Waals surface area contributed by atoms with Crippen molar-refractivity contribution < 1.29 is 0 Å². The molecule has 2 bridgehead atoms. The van der Waals surface area contributed by atoms with Crippen molar-refractivity contribution in [1.29, 1.82) is 0 Å². The van der Waals surface area contributed by atoms with Crippen LogP contribution in [0.25, 0.3) is 0 Å². The summed E-state index contributed by atoms with van der Waals surface area (Å²) in [5.74, 6) is 3.79. The van der Waals surface area contributed by atoms with Gasteiger partial charge in [-0.25, -0.2) is 0 Å². The Balaban J connectivity index is 2.26. The summed E-state index contributed by atoms with van der Waals surface area (Å²) in [6.07, 6.45) is 6.27. The maximum absolute atomic E-state index is 2.41. The highest BCUT2D eigenvalue weighted by atomic mass is 14.4. The summed E-state index contributed by atoms with van der Waals surface area (Å²) in [7, 11) is 0. The molecule has 0 aliphatic heterocycles. The van der Waals surface area contributed by atoms with Crippen molar-refractivity contribution in [1.82, 2.24) is 0 Å². The average molecular weight is 122 g/mol. The molecule has 1 saturated carbocycles. The number of rotatable bonds is 0. The summed E-state index contributed by atoms with van der Waals surface area (Å²) < 4.78 is 0. The standard InChI is InChI=1S/C9H14/c1-6-7(2)9-4-3-8(6)5-9/h3-4,6-9H,5H2,1-2H3/t6?,7?,8-,9+. The molecule has 0 aromatic carbocycles. The van der Waals surface area contributed by atoms with Crippen LogP contribution < -0.4 is 0 Å². The van der Waals surface area contributed by atoms with Gasteiger partial charge in [0.15, 0.2) is 0 Å². The number of hydrogen-bond acceptors (Lipinski definition) is 0. The Morgan fingerprint density at radius 2 is 1.44 bits per heavy atom. The molecular weight excluding hydrogens is 108 g/mol. The fourth-order valence-electron chi connectivity index (χ4n) is 2.32. The zero-order valence-corrected chi connectivity index (χ0v) is 6.17. The van der Waals surface area contributed by atoms with Gasteiger partial charge in [0.2, 0.25) is 0 Å². The van der Waals surface area contributed by atoms with Crippen molar-refractivity contribution in [2.24, 2.45) is 23.7 Å². The SMILES string of the molecule is CC1C(C)[C@H]2C=C[C@@H]1C2. The Bertz CT molecular complexity index is 130. The summed E-state index contributed by atoms with van der Waals surface area (Å²) >= 11 is 0. The lowest BCUT2D eigenvalue weighted by molar-refractivity contribution is 0.364. The van der Waals surface area contributed by atoms with E-state index < -0.39 is 0 Å². The molecule has 0 aromatic rings. The summed E-state index contributed by atoms with van der Waals surface area (Å²) in [6.45, 7) is 4.78. The molecule has 2 unspecified atom stereocenters. The smallest absolute Gasteiger partial charge is 0.0199 e. The van der Waals surface area contributed by atoms with Gasteiger partial charge in [-0.3, -0.25) is 0 Å². The van der Waals surface area contributed by atoms with E-state index in [0.29, 0.717) is 0 Å². The van der Waals surface area contributed by atoms with Gasteiger partial charge in [-0.15, -0.1) is 0 Å². The molecule has 4 atom stereocenters. The Kier molecular flexibility index (Phi) is 0.992. The molecule has 2 aliphatic carbocycles. The first kappa shape index (κ1) is 5.52. The lowest BCUT2D eigenvalue weighted by atomic mass is 9.86. The third-order valence-electron chi connectivity index (χ3n) is 3.33. The van der Waals surface area contributed by atoms with E-state index in [1.54, 1.807) is 0 Å². The van der Waals surface area contributed by atoms with E-state index in [4.69, 9.17) is 0 Å². The van der Waals surface area contributed by atoms with E-state index >= 15 is 0 Å². The zero-order valence-electron chi connectivity index (χ0n) is 6.17. The molecule has 9 heavy (non-hydrogen) atoms. The maximum atomic E-state index is 2.41. The van der Waals surface area contributed by atoms with E-state index in [0.717, 1.165) is 23.7 Å². The van der Waals surface area contributed by atoms with Crippen LogP contribution in [-0.2, 0) is 0 Å². The van der Waals surface area contributed by atoms with Gasteiger partial charge in [0, 0.05) is 0 Å². The van der Waals surface area contributed by atoms with E-state index in [1.807, 2.05) is 0 Å². The van der Waals surface area contributed by atoms with Crippen molar-refractivity contribution in [3.63, 3.8) is 0 Å². The first-order valence-electron chi connectivity index (χ1n) is 3.97. The number of allylic oxidation sites excluding steroid dienone is 2. The Morgan fingerprint density at radius 3 is 1.67 bits per heavy atom. The molecule has 0 amide bonds. The van der Waals surface area contributed by atoms with E-state index in [2.05, 4.69) is 26.0 Å². The third-order valence-corrected chi connectivity index (χ3v) is 3.33. The van der Waals surface area contributed by atoms with Gasteiger partial charge in [-0.2, -0.15) is 0 Å². The fraction of sp³-hybridized carbons (Fsp3) is 0.778. The normalized spacial score (nSPS) is 54.9. The van der Waals surface area contributed by atoms with Gasteiger partial charge in [-0.05, 0) is 30.1 Å². The van der Waals surface area contributed by atoms with Gasteiger partial charge < -0.3 is 0 Å². The van der Waals surface area contributed by atoms with E-state index in [1.165, 1.54) is 6.42 Å². The number of fused-ring (bicyclic) bond motifs is 2. The average Bonchev–Trinajstić information content (AvgIpc) is 2.37. The summed E-state index contributed by atoms with van der Waals surface area (Å²) in [5, 5.41) is 0. The van der Waals surface area contributed by atoms with Crippen LogP contribution in [-0.4, -0.2) is 0 Å². The molecule has 0 N–H and O–H groups in total. The molecule has 0 saturated heterocycles. The van der Waals surface area contributed by atoms with Crippen molar-refractivity contribution >= 4 is 0 Å². The lowest BCUT2D eigenvalue weighted by Crippen LogP contribution is -2.12. The summed E-state index contributed by atoms with van der Waals surface area (Å²) in [5.41, 5.74) is 0. The van der Waals surface area contributed by atoms with Crippen LogP contribution in [0.4, 0.5) is 0 Å². The Hall–Kier alpha value is -0.260. The highest BCUT2D eigenvalue weighted by Crippen LogP contribution is 2.47. The monoisotopic (exact) mass is 122 g/mol. The predicted molar refractivity (Wildman–Crippen MR) is 39.1 cm³/mol. The lowest BCUT2D eigenvalue weighted by Gasteiger charge is -2.19. The molecular formula is C9H14. The fourth-order valence-corrected chi connectivity index (χ4v) is 2.32. The molecule has 2 aliphatic rings. The van der Waals surface area contributed by atoms with Gasteiger partial charge in [0.25, 0.3) is 0 Å². The van der Waals surface area contributed by atoms with Crippen LogP contribution in [0, 0.1) is 23.7 Å². The van der Waals surface area contributed by atoms with Crippen molar-refractivity contribution in [2.45, 2.75) is 20.3 Å². The predicted octanol–water partition coefficient (Wildman–Crippen LogP) is 2.46. The third kappa shape index (κ3) is 0.593. The number of hydrogen-bond donors (Lipinski definition) is 0. The van der Waals surface area contributed by atoms with Crippen LogP contribution in [0.5, 0.6) is 0 Å². The minimum absolute atomic E-state index is 0.935. The van der Waals surface area contributed by atoms with E-state index in [9.17, 15) is 0 Å². The topological polar surface area (TPSA) is 0 Å². The van der Waals surface area contributed by atoms with Gasteiger partial charge in [-0.1, -0.05) is 26.0 Å². The van der Waals surface area contributed by atoms with Gasteiger partial charge >= 0.3 is 0 Å². The molecule has 0 nitrogen and oxygen atoms in total. The highest BCUT2D eigenvalue weighted by molar-refractivity contribution is 5.11. The largest absolute Gasteiger partial charge is 0.0848 e. The van der Waals surface area contributed by atoms with Gasteiger partial charge in [0.05, 0.1) is 0 Å². The van der Waals surface area contributed by atoms with Gasteiger partial charge in [0.1, 0.15) is 0 Å². The molecule has 0 spiro atoms. The van der Waals surface area contributed by atoms with Crippen molar-refractivity contribution in [2.75, 3.05) is 0 Å². The minimum Gasteiger partial charge on any atom is -0.0848 e. The van der Waals surface area contributed by atoms with E-state index in [-0.39, 0.29) is 0 Å². The molecule has 0 heteroatoms. The molecule has 2 rings (SSSR count). The second kappa shape index (κ2) is 1.62. The summed E-state index contributed by atoms with van der Waals surface area (Å²) in [4.78, 5) is 0. The van der Waals surface area contributed by atoms with Crippen molar-refractivity contribution in [3.05, 3.63) is 12.2 Å². The minimum atomic E-state index is 0.935. The molecule has 0 radical (unpaired) electrons. The molecule has 50 valence electrons.